The maximum absolute atomic E-state index is 12.1. The number of nitrogen functional groups attached to an aromatic ring is 1. The number of hydrogen-bond donors (Lipinski definition) is 3. The third-order valence-electron chi connectivity index (χ3n) is 2.32. The van der Waals surface area contributed by atoms with Gasteiger partial charge in [0.05, 0.1) is 12.7 Å². The van der Waals surface area contributed by atoms with Gasteiger partial charge in [-0.05, 0) is 23.4 Å². The minimum absolute atomic E-state index is 0.110. The number of rotatable bonds is 4. The van der Waals surface area contributed by atoms with Gasteiger partial charge in [0, 0.05) is 5.56 Å². The Morgan fingerprint density at radius 1 is 1.40 bits per heavy atom. The van der Waals surface area contributed by atoms with Crippen LogP contribution in [0.4, 0.5) is 11.6 Å². The summed E-state index contributed by atoms with van der Waals surface area (Å²) >= 11 is 0. The molecule has 0 spiro atoms. The van der Waals surface area contributed by atoms with E-state index in [1.54, 1.807) is 0 Å². The molecule has 1 heterocycles. The first kappa shape index (κ1) is 13.7. The number of benzene rings is 1. The molecule has 1 aromatic carbocycles. The van der Waals surface area contributed by atoms with Crippen molar-refractivity contribution < 1.29 is 13.2 Å². The molecule has 0 bridgehead atoms. The largest absolute Gasteiger partial charge is 0.398 e. The van der Waals surface area contributed by atoms with E-state index in [2.05, 4.69) is 20.1 Å². The molecule has 2 aromatic rings. The van der Waals surface area contributed by atoms with Crippen molar-refractivity contribution in [2.24, 2.45) is 12.8 Å². The monoisotopic (exact) mass is 297 g/mol. The number of tetrazole rings is 1. The van der Waals surface area contributed by atoms with Crippen LogP contribution >= 0.6 is 0 Å². The van der Waals surface area contributed by atoms with E-state index in [1.807, 2.05) is 0 Å². The fourth-order valence-corrected chi connectivity index (χ4v) is 2.49. The minimum atomic E-state index is -3.98. The number of nitrogens with two attached hydrogens (primary N) is 2. The highest BCUT2D eigenvalue weighted by Gasteiger charge is 2.20. The second-order valence-electron chi connectivity index (χ2n) is 3.82. The summed E-state index contributed by atoms with van der Waals surface area (Å²) < 4.78 is 26.3. The Morgan fingerprint density at radius 3 is 2.60 bits per heavy atom. The molecule has 10 nitrogen and oxygen atoms in total. The van der Waals surface area contributed by atoms with Gasteiger partial charge in [0.25, 0.3) is 16.0 Å². The first-order chi connectivity index (χ1) is 9.29. The van der Waals surface area contributed by atoms with Gasteiger partial charge in [-0.15, -0.1) is 5.10 Å². The normalized spacial score (nSPS) is 11.2. The standard InChI is InChI=1S/C9H11N7O3S/c1-16-13-9(12-15-16)14-20(18,19)7-3-2-5(8(11)17)4-6(7)10/h2-4H,10H2,1H3,(H2,11,17)(H,13,14). The lowest BCUT2D eigenvalue weighted by molar-refractivity contribution is 0.1000. The predicted octanol–water partition coefficient (Wildman–Crippen LogP) is -1.31. The van der Waals surface area contributed by atoms with Gasteiger partial charge < -0.3 is 11.5 Å². The van der Waals surface area contributed by atoms with Crippen molar-refractivity contribution in [3.8, 4) is 0 Å². The van der Waals surface area contributed by atoms with Gasteiger partial charge in [-0.3, -0.25) is 4.79 Å². The van der Waals surface area contributed by atoms with Crippen LogP contribution in [0.25, 0.3) is 0 Å². The molecule has 106 valence electrons. The smallest absolute Gasteiger partial charge is 0.277 e. The van der Waals surface area contributed by atoms with E-state index in [4.69, 9.17) is 11.5 Å². The summed E-state index contributed by atoms with van der Waals surface area (Å²) in [6.07, 6.45) is 0. The van der Waals surface area contributed by atoms with Crippen LogP contribution in [-0.4, -0.2) is 34.5 Å². The number of anilines is 2. The van der Waals surface area contributed by atoms with E-state index >= 15 is 0 Å². The summed E-state index contributed by atoms with van der Waals surface area (Å²) in [6, 6.07) is 3.62. The van der Waals surface area contributed by atoms with Gasteiger partial charge in [-0.25, -0.2) is 13.1 Å². The van der Waals surface area contributed by atoms with Crippen LogP contribution in [0.3, 0.4) is 0 Å². The van der Waals surface area contributed by atoms with Gasteiger partial charge in [0.1, 0.15) is 4.90 Å². The van der Waals surface area contributed by atoms with Crippen molar-refractivity contribution in [2.75, 3.05) is 10.5 Å². The maximum atomic E-state index is 12.1. The molecular weight excluding hydrogens is 286 g/mol. The summed E-state index contributed by atoms with van der Waals surface area (Å²) in [5.74, 6) is -0.893. The lowest BCUT2D eigenvalue weighted by Crippen LogP contribution is -2.17. The fourth-order valence-electron chi connectivity index (χ4n) is 1.45. The third kappa shape index (κ3) is 2.66. The van der Waals surface area contributed by atoms with Crippen molar-refractivity contribution >= 4 is 27.6 Å². The van der Waals surface area contributed by atoms with E-state index in [0.29, 0.717) is 0 Å². The van der Waals surface area contributed by atoms with Crippen molar-refractivity contribution in [1.29, 1.82) is 0 Å². The van der Waals surface area contributed by atoms with Gasteiger partial charge in [-0.2, -0.15) is 4.80 Å². The van der Waals surface area contributed by atoms with Crippen LogP contribution in [0.2, 0.25) is 0 Å². The molecule has 0 aliphatic carbocycles. The van der Waals surface area contributed by atoms with Crippen molar-refractivity contribution in [2.45, 2.75) is 4.90 Å². The van der Waals surface area contributed by atoms with E-state index in [0.717, 1.165) is 4.80 Å². The molecule has 5 N–H and O–H groups in total. The van der Waals surface area contributed by atoms with E-state index < -0.39 is 15.9 Å². The minimum Gasteiger partial charge on any atom is -0.398 e. The quantitative estimate of drug-likeness (QED) is 0.591. The Morgan fingerprint density at radius 2 is 2.10 bits per heavy atom. The Labute approximate surface area is 113 Å². The zero-order valence-corrected chi connectivity index (χ0v) is 11.1. The van der Waals surface area contributed by atoms with Crippen LogP contribution in [0.15, 0.2) is 23.1 Å². The van der Waals surface area contributed by atoms with Crippen LogP contribution in [0.5, 0.6) is 0 Å². The molecule has 11 heteroatoms. The number of aryl methyl sites for hydroxylation is 1. The van der Waals surface area contributed by atoms with E-state index in [1.165, 1.54) is 25.2 Å². The predicted molar refractivity (Wildman–Crippen MR) is 69.0 cm³/mol. The molecule has 2 rings (SSSR count). The Hall–Kier alpha value is -2.69. The van der Waals surface area contributed by atoms with Crippen LogP contribution < -0.4 is 16.2 Å². The Kier molecular flexibility index (Phi) is 3.28. The Balaban J connectivity index is 2.37. The van der Waals surface area contributed by atoms with Crippen molar-refractivity contribution in [1.82, 2.24) is 20.2 Å². The molecule has 0 saturated carbocycles. The highest BCUT2D eigenvalue weighted by Crippen LogP contribution is 2.21. The highest BCUT2D eigenvalue weighted by molar-refractivity contribution is 7.92. The van der Waals surface area contributed by atoms with E-state index in [-0.39, 0.29) is 22.1 Å². The first-order valence-electron chi connectivity index (χ1n) is 5.26. The zero-order chi connectivity index (χ0) is 14.9. The number of carbonyl (C=O) groups is 1. The molecule has 0 unspecified atom stereocenters. The lowest BCUT2D eigenvalue weighted by atomic mass is 10.2. The second-order valence-corrected chi connectivity index (χ2v) is 5.48. The SMILES string of the molecule is Cn1nnc(NS(=O)(=O)c2ccc(C(N)=O)cc2N)n1. The summed E-state index contributed by atoms with van der Waals surface area (Å²) in [5, 5.41) is 10.7. The molecule has 20 heavy (non-hydrogen) atoms. The summed E-state index contributed by atoms with van der Waals surface area (Å²) in [5.41, 5.74) is 10.7. The summed E-state index contributed by atoms with van der Waals surface area (Å²) in [7, 11) is -2.49. The molecule has 0 atom stereocenters. The van der Waals surface area contributed by atoms with Gasteiger partial charge in [0.2, 0.25) is 5.91 Å². The van der Waals surface area contributed by atoms with Crippen LogP contribution in [-0.2, 0) is 17.1 Å². The van der Waals surface area contributed by atoms with Gasteiger partial charge >= 0.3 is 0 Å². The van der Waals surface area contributed by atoms with Crippen LogP contribution in [0, 0.1) is 0 Å². The molecule has 1 amide bonds. The number of hydrogen-bond acceptors (Lipinski definition) is 7. The van der Waals surface area contributed by atoms with E-state index in [9.17, 15) is 13.2 Å². The number of primary amides is 1. The molecule has 0 radical (unpaired) electrons. The molecular formula is C9H11N7O3S. The molecule has 0 saturated heterocycles. The molecule has 0 aliphatic rings. The molecule has 0 aliphatic heterocycles. The molecule has 0 fully saturated rings. The number of sulfonamides is 1. The average Bonchev–Trinajstić information content (AvgIpc) is 2.73. The van der Waals surface area contributed by atoms with Crippen molar-refractivity contribution in [3.63, 3.8) is 0 Å². The number of amides is 1. The van der Waals surface area contributed by atoms with Gasteiger partial charge in [0.15, 0.2) is 0 Å². The number of nitrogens with one attached hydrogen (secondary N) is 1. The summed E-state index contributed by atoms with van der Waals surface area (Å²) in [4.78, 5) is 11.9. The molecule has 1 aromatic heterocycles. The third-order valence-corrected chi connectivity index (χ3v) is 3.72. The zero-order valence-electron chi connectivity index (χ0n) is 10.3. The second kappa shape index (κ2) is 4.77. The maximum Gasteiger partial charge on any atom is 0.277 e. The first-order valence-corrected chi connectivity index (χ1v) is 6.74. The van der Waals surface area contributed by atoms with Crippen LogP contribution in [0.1, 0.15) is 10.4 Å². The Bertz CT molecular complexity index is 768. The number of nitrogens with zero attached hydrogens (tertiary/aromatic N) is 4. The number of carbonyl (C=O) groups excluding carboxylic acids is 1. The number of aromatic nitrogens is 4. The lowest BCUT2D eigenvalue weighted by Gasteiger charge is -2.08. The summed E-state index contributed by atoms with van der Waals surface area (Å²) in [6.45, 7) is 0. The highest BCUT2D eigenvalue weighted by atomic mass is 32.2. The van der Waals surface area contributed by atoms with Crippen molar-refractivity contribution in [3.05, 3.63) is 23.8 Å². The topological polar surface area (TPSA) is 159 Å². The van der Waals surface area contributed by atoms with Gasteiger partial charge in [-0.1, -0.05) is 5.10 Å². The average molecular weight is 297 g/mol. The fraction of sp³-hybridized carbons (Fsp3) is 0.111.